The Morgan fingerprint density at radius 2 is 2.21 bits per heavy atom. The number of rotatable bonds is 9. The van der Waals surface area contributed by atoms with Gasteiger partial charge in [0.1, 0.15) is 0 Å². The van der Waals surface area contributed by atoms with Crippen LogP contribution in [0.15, 0.2) is 24.4 Å². The van der Waals surface area contributed by atoms with E-state index in [0.717, 1.165) is 31.5 Å². The predicted octanol–water partition coefficient (Wildman–Crippen LogP) is 2.86. The van der Waals surface area contributed by atoms with Crippen molar-refractivity contribution in [2.75, 3.05) is 13.2 Å². The number of unbranched alkanes of at least 4 members (excludes halogenated alkanes) is 2. The summed E-state index contributed by atoms with van der Waals surface area (Å²) in [6.07, 6.45) is 5.35. The van der Waals surface area contributed by atoms with Gasteiger partial charge >= 0.3 is 5.97 Å². The van der Waals surface area contributed by atoms with E-state index in [0.29, 0.717) is 13.0 Å². The molecule has 0 radical (unpaired) electrons. The van der Waals surface area contributed by atoms with Gasteiger partial charge in [-0.05, 0) is 45.4 Å². The molecule has 4 heteroatoms. The summed E-state index contributed by atoms with van der Waals surface area (Å²) in [4.78, 5) is 15.4. The fourth-order valence-electron chi connectivity index (χ4n) is 1.86. The van der Waals surface area contributed by atoms with Crippen LogP contribution in [0, 0.1) is 0 Å². The number of pyridine rings is 1. The van der Waals surface area contributed by atoms with Gasteiger partial charge in [-0.2, -0.15) is 0 Å². The van der Waals surface area contributed by atoms with Gasteiger partial charge in [0.15, 0.2) is 0 Å². The van der Waals surface area contributed by atoms with E-state index in [1.165, 1.54) is 0 Å². The Hall–Kier alpha value is -1.42. The highest BCUT2D eigenvalue weighted by Gasteiger charge is 2.05. The zero-order valence-electron chi connectivity index (χ0n) is 11.9. The van der Waals surface area contributed by atoms with Crippen LogP contribution in [0.3, 0.4) is 0 Å². The third kappa shape index (κ3) is 6.91. The SMILES string of the molecule is CCOC(=O)CCCCCN[C@H](C)c1ccccn1. The van der Waals surface area contributed by atoms with Crippen molar-refractivity contribution in [2.45, 2.75) is 45.6 Å². The molecule has 106 valence electrons. The first-order valence-electron chi connectivity index (χ1n) is 7.04. The van der Waals surface area contributed by atoms with E-state index in [9.17, 15) is 4.79 Å². The Bertz CT molecular complexity index is 354. The number of esters is 1. The lowest BCUT2D eigenvalue weighted by Gasteiger charge is -2.12. The van der Waals surface area contributed by atoms with E-state index in [1.807, 2.05) is 31.3 Å². The van der Waals surface area contributed by atoms with Crippen molar-refractivity contribution in [1.82, 2.24) is 10.3 Å². The zero-order valence-corrected chi connectivity index (χ0v) is 11.9. The number of carbonyl (C=O) groups is 1. The molecule has 0 fully saturated rings. The monoisotopic (exact) mass is 264 g/mol. The molecular formula is C15H24N2O2. The lowest BCUT2D eigenvalue weighted by molar-refractivity contribution is -0.143. The van der Waals surface area contributed by atoms with E-state index in [-0.39, 0.29) is 12.0 Å². The van der Waals surface area contributed by atoms with Crippen LogP contribution in [0.2, 0.25) is 0 Å². The summed E-state index contributed by atoms with van der Waals surface area (Å²) in [5, 5.41) is 3.43. The van der Waals surface area contributed by atoms with Crippen LogP contribution in [-0.4, -0.2) is 24.1 Å². The summed E-state index contributed by atoms with van der Waals surface area (Å²) in [5.74, 6) is -0.0858. The predicted molar refractivity (Wildman–Crippen MR) is 75.8 cm³/mol. The van der Waals surface area contributed by atoms with Crippen molar-refractivity contribution < 1.29 is 9.53 Å². The average molecular weight is 264 g/mol. The Kier molecular flexibility index (Phi) is 7.82. The molecule has 0 aliphatic rings. The fourth-order valence-corrected chi connectivity index (χ4v) is 1.86. The minimum atomic E-state index is -0.0858. The van der Waals surface area contributed by atoms with E-state index in [1.54, 1.807) is 0 Å². The molecule has 0 unspecified atom stereocenters. The van der Waals surface area contributed by atoms with Crippen LogP contribution < -0.4 is 5.32 Å². The number of nitrogens with zero attached hydrogens (tertiary/aromatic N) is 1. The lowest BCUT2D eigenvalue weighted by Crippen LogP contribution is -2.20. The molecule has 0 saturated heterocycles. The third-order valence-electron chi connectivity index (χ3n) is 2.94. The number of ether oxygens (including phenoxy) is 1. The molecule has 0 saturated carbocycles. The maximum absolute atomic E-state index is 11.1. The molecule has 4 nitrogen and oxygen atoms in total. The molecule has 0 spiro atoms. The first-order valence-corrected chi connectivity index (χ1v) is 7.04. The van der Waals surface area contributed by atoms with Gasteiger partial charge in [-0.1, -0.05) is 12.5 Å². The van der Waals surface area contributed by atoms with Crippen molar-refractivity contribution in [3.8, 4) is 0 Å². The van der Waals surface area contributed by atoms with Gasteiger partial charge in [0.05, 0.1) is 12.3 Å². The number of nitrogens with one attached hydrogen (secondary N) is 1. The van der Waals surface area contributed by atoms with Gasteiger partial charge < -0.3 is 10.1 Å². The average Bonchev–Trinajstić information content (AvgIpc) is 2.43. The molecule has 1 atom stereocenters. The highest BCUT2D eigenvalue weighted by Crippen LogP contribution is 2.08. The first-order chi connectivity index (χ1) is 9.24. The lowest BCUT2D eigenvalue weighted by atomic mass is 10.1. The minimum absolute atomic E-state index is 0.0858. The van der Waals surface area contributed by atoms with Gasteiger partial charge in [-0.15, -0.1) is 0 Å². The van der Waals surface area contributed by atoms with Gasteiger partial charge in [0.25, 0.3) is 0 Å². The van der Waals surface area contributed by atoms with E-state index < -0.39 is 0 Å². The Morgan fingerprint density at radius 3 is 2.89 bits per heavy atom. The van der Waals surface area contributed by atoms with Crippen molar-refractivity contribution in [1.29, 1.82) is 0 Å². The zero-order chi connectivity index (χ0) is 13.9. The van der Waals surface area contributed by atoms with Crippen LogP contribution in [0.4, 0.5) is 0 Å². The molecule has 1 aromatic heterocycles. The molecule has 0 aliphatic carbocycles. The Labute approximate surface area is 115 Å². The second-order valence-electron chi connectivity index (χ2n) is 4.55. The quantitative estimate of drug-likeness (QED) is 0.550. The van der Waals surface area contributed by atoms with Crippen LogP contribution in [0.25, 0.3) is 0 Å². The number of aromatic nitrogens is 1. The summed E-state index contributed by atoms with van der Waals surface area (Å²) >= 11 is 0. The van der Waals surface area contributed by atoms with E-state index in [2.05, 4.69) is 17.2 Å². The smallest absolute Gasteiger partial charge is 0.305 e. The molecule has 1 N–H and O–H groups in total. The molecule has 0 aliphatic heterocycles. The summed E-state index contributed by atoms with van der Waals surface area (Å²) < 4.78 is 4.88. The molecule has 1 aromatic rings. The van der Waals surface area contributed by atoms with Crippen molar-refractivity contribution >= 4 is 5.97 Å². The maximum atomic E-state index is 11.1. The van der Waals surface area contributed by atoms with Crippen LogP contribution in [0.1, 0.15) is 51.3 Å². The number of carbonyl (C=O) groups excluding carboxylic acids is 1. The fraction of sp³-hybridized carbons (Fsp3) is 0.600. The normalized spacial score (nSPS) is 12.1. The standard InChI is InChI=1S/C15H24N2O2/c1-3-19-15(18)10-5-4-7-11-16-13(2)14-9-6-8-12-17-14/h6,8-9,12-13,16H,3-5,7,10-11H2,1-2H3/t13-/m1/s1. The van der Waals surface area contributed by atoms with Gasteiger partial charge in [0, 0.05) is 18.7 Å². The van der Waals surface area contributed by atoms with Gasteiger partial charge in [-0.25, -0.2) is 0 Å². The summed E-state index contributed by atoms with van der Waals surface area (Å²) in [6.45, 7) is 5.37. The summed E-state index contributed by atoms with van der Waals surface area (Å²) in [6, 6.07) is 6.22. The van der Waals surface area contributed by atoms with E-state index in [4.69, 9.17) is 4.74 Å². The number of hydrogen-bond donors (Lipinski definition) is 1. The molecule has 0 amide bonds. The first kappa shape index (κ1) is 15.6. The number of hydrogen-bond acceptors (Lipinski definition) is 4. The molecule has 0 bridgehead atoms. The Morgan fingerprint density at radius 1 is 1.37 bits per heavy atom. The van der Waals surface area contributed by atoms with Crippen molar-refractivity contribution in [3.05, 3.63) is 30.1 Å². The second kappa shape index (κ2) is 9.50. The van der Waals surface area contributed by atoms with Crippen LogP contribution >= 0.6 is 0 Å². The third-order valence-corrected chi connectivity index (χ3v) is 2.94. The maximum Gasteiger partial charge on any atom is 0.305 e. The van der Waals surface area contributed by atoms with Crippen molar-refractivity contribution in [2.24, 2.45) is 0 Å². The molecule has 19 heavy (non-hydrogen) atoms. The van der Waals surface area contributed by atoms with Gasteiger partial charge in [-0.3, -0.25) is 9.78 Å². The summed E-state index contributed by atoms with van der Waals surface area (Å²) in [5.41, 5.74) is 1.06. The molecule has 0 aromatic carbocycles. The molecular weight excluding hydrogens is 240 g/mol. The second-order valence-corrected chi connectivity index (χ2v) is 4.55. The summed E-state index contributed by atoms with van der Waals surface area (Å²) in [7, 11) is 0. The molecule has 1 heterocycles. The largest absolute Gasteiger partial charge is 0.466 e. The van der Waals surface area contributed by atoms with Crippen molar-refractivity contribution in [3.63, 3.8) is 0 Å². The molecule has 1 rings (SSSR count). The van der Waals surface area contributed by atoms with Crippen LogP contribution in [0.5, 0.6) is 0 Å². The highest BCUT2D eigenvalue weighted by atomic mass is 16.5. The topological polar surface area (TPSA) is 51.2 Å². The minimum Gasteiger partial charge on any atom is -0.466 e. The Balaban J connectivity index is 2.03. The van der Waals surface area contributed by atoms with Gasteiger partial charge in [0.2, 0.25) is 0 Å². The van der Waals surface area contributed by atoms with Crippen LogP contribution in [-0.2, 0) is 9.53 Å². The highest BCUT2D eigenvalue weighted by molar-refractivity contribution is 5.69. The van der Waals surface area contributed by atoms with E-state index >= 15 is 0 Å².